The fourth-order valence-corrected chi connectivity index (χ4v) is 3.85. The fourth-order valence-electron chi connectivity index (χ4n) is 3.85. The number of halogens is 3. The van der Waals surface area contributed by atoms with Crippen molar-refractivity contribution in [3.63, 3.8) is 0 Å². The first-order valence-electron chi connectivity index (χ1n) is 10.6. The first kappa shape index (κ1) is 22.8. The van der Waals surface area contributed by atoms with Gasteiger partial charge in [-0.3, -0.25) is 4.79 Å². The number of aromatic nitrogens is 2. The van der Waals surface area contributed by atoms with Gasteiger partial charge in [-0.1, -0.05) is 12.1 Å². The maximum absolute atomic E-state index is 12.9. The zero-order chi connectivity index (χ0) is 22.4. The van der Waals surface area contributed by atoms with E-state index in [0.29, 0.717) is 36.8 Å². The monoisotopic (exact) mass is 435 g/mol. The van der Waals surface area contributed by atoms with E-state index in [1.807, 2.05) is 18.7 Å². The van der Waals surface area contributed by atoms with Crippen molar-refractivity contribution in [3.8, 4) is 0 Å². The maximum atomic E-state index is 12.9. The summed E-state index contributed by atoms with van der Waals surface area (Å²) in [5.74, 6) is 1.34. The highest BCUT2D eigenvalue weighted by Gasteiger charge is 2.30. The molecule has 1 aliphatic rings. The summed E-state index contributed by atoms with van der Waals surface area (Å²) in [7, 11) is 0. The Balaban J connectivity index is 1.65. The lowest BCUT2D eigenvalue weighted by Crippen LogP contribution is -2.45. The van der Waals surface area contributed by atoms with Crippen molar-refractivity contribution in [2.45, 2.75) is 39.4 Å². The summed E-state index contributed by atoms with van der Waals surface area (Å²) in [4.78, 5) is 25.2. The van der Waals surface area contributed by atoms with E-state index in [1.54, 1.807) is 12.1 Å². The highest BCUT2D eigenvalue weighted by atomic mass is 19.4. The van der Waals surface area contributed by atoms with Crippen molar-refractivity contribution >= 4 is 17.5 Å². The van der Waals surface area contributed by atoms with Gasteiger partial charge in [-0.05, 0) is 44.4 Å². The number of carbonyl (C=O) groups excluding carboxylic acids is 1. The lowest BCUT2D eigenvalue weighted by atomic mass is 9.96. The lowest BCUT2D eigenvalue weighted by molar-refractivity contribution is -0.137. The van der Waals surface area contributed by atoms with Crippen molar-refractivity contribution in [2.24, 2.45) is 5.92 Å². The number of benzene rings is 1. The summed E-state index contributed by atoms with van der Waals surface area (Å²) in [6, 6.07) is 6.99. The topological polar surface area (TPSA) is 61.4 Å². The Morgan fingerprint density at radius 3 is 2.71 bits per heavy atom. The van der Waals surface area contributed by atoms with Crippen LogP contribution in [0.15, 0.2) is 36.7 Å². The standard InChI is InChI=1S/C22H28F3N5O/c1-3-29(4-2)21(31)17-8-6-10-30(14-17)20-12-19(27-15-28-20)26-13-16-7-5-9-18(11-16)22(23,24)25/h5,7,9,11-12,15,17H,3-4,6,8,10,13-14H2,1-2H3,(H,26,27,28). The third kappa shape index (κ3) is 5.86. The highest BCUT2D eigenvalue weighted by molar-refractivity contribution is 5.79. The molecule has 168 valence electrons. The number of nitrogens with one attached hydrogen (secondary N) is 1. The molecule has 31 heavy (non-hydrogen) atoms. The minimum Gasteiger partial charge on any atom is -0.366 e. The zero-order valence-electron chi connectivity index (χ0n) is 17.8. The van der Waals surface area contributed by atoms with Gasteiger partial charge in [0.15, 0.2) is 0 Å². The Labute approximate surface area is 180 Å². The first-order valence-corrected chi connectivity index (χ1v) is 10.6. The van der Waals surface area contributed by atoms with E-state index in [2.05, 4.69) is 20.2 Å². The third-order valence-electron chi connectivity index (χ3n) is 5.55. The minimum absolute atomic E-state index is 0.0647. The molecule has 1 aliphatic heterocycles. The summed E-state index contributed by atoms with van der Waals surface area (Å²) >= 11 is 0. The van der Waals surface area contributed by atoms with E-state index in [9.17, 15) is 18.0 Å². The third-order valence-corrected chi connectivity index (χ3v) is 5.55. The van der Waals surface area contributed by atoms with Gasteiger partial charge in [-0.25, -0.2) is 9.97 Å². The molecule has 9 heteroatoms. The molecular weight excluding hydrogens is 407 g/mol. The van der Waals surface area contributed by atoms with Crippen molar-refractivity contribution in [2.75, 3.05) is 36.4 Å². The van der Waals surface area contributed by atoms with E-state index < -0.39 is 11.7 Å². The summed E-state index contributed by atoms with van der Waals surface area (Å²) in [5.41, 5.74) is -0.162. The molecule has 1 aromatic carbocycles. The molecule has 0 bridgehead atoms. The Morgan fingerprint density at radius 1 is 1.23 bits per heavy atom. The van der Waals surface area contributed by atoms with Crippen LogP contribution in [-0.4, -0.2) is 47.0 Å². The Hall–Kier alpha value is -2.84. The van der Waals surface area contributed by atoms with Crippen molar-refractivity contribution in [1.29, 1.82) is 0 Å². The number of hydrogen-bond acceptors (Lipinski definition) is 5. The largest absolute Gasteiger partial charge is 0.416 e. The Kier molecular flexibility index (Phi) is 7.35. The molecule has 1 fully saturated rings. The predicted octanol–water partition coefficient (Wildman–Crippen LogP) is 4.19. The predicted molar refractivity (Wildman–Crippen MR) is 114 cm³/mol. The van der Waals surface area contributed by atoms with E-state index in [-0.39, 0.29) is 18.4 Å². The summed E-state index contributed by atoms with van der Waals surface area (Å²) in [6.07, 6.45) is -1.18. The molecule has 1 N–H and O–H groups in total. The molecule has 1 atom stereocenters. The van der Waals surface area contributed by atoms with Gasteiger partial charge in [0.2, 0.25) is 5.91 Å². The summed E-state index contributed by atoms with van der Waals surface area (Å²) in [5, 5.41) is 3.07. The molecule has 0 aliphatic carbocycles. The van der Waals surface area contributed by atoms with Gasteiger partial charge in [0, 0.05) is 38.8 Å². The summed E-state index contributed by atoms with van der Waals surface area (Å²) in [6.45, 7) is 6.96. The highest BCUT2D eigenvalue weighted by Crippen LogP contribution is 2.30. The first-order chi connectivity index (χ1) is 14.8. The van der Waals surface area contributed by atoms with E-state index in [4.69, 9.17) is 0 Å². The van der Waals surface area contributed by atoms with Crippen LogP contribution in [0, 0.1) is 5.92 Å². The second-order valence-electron chi connectivity index (χ2n) is 7.61. The van der Waals surface area contributed by atoms with Gasteiger partial charge < -0.3 is 15.1 Å². The molecule has 3 rings (SSSR count). The number of amides is 1. The molecule has 2 heterocycles. The molecule has 0 saturated carbocycles. The second kappa shape index (κ2) is 9.98. The number of anilines is 2. The number of piperidine rings is 1. The summed E-state index contributed by atoms with van der Waals surface area (Å²) < 4.78 is 38.7. The van der Waals surface area contributed by atoms with Crippen LogP contribution in [0.3, 0.4) is 0 Å². The van der Waals surface area contributed by atoms with Crippen LogP contribution in [0.1, 0.15) is 37.8 Å². The second-order valence-corrected chi connectivity index (χ2v) is 7.61. The van der Waals surface area contributed by atoms with Gasteiger partial charge in [0.05, 0.1) is 11.5 Å². The zero-order valence-corrected chi connectivity index (χ0v) is 17.8. The van der Waals surface area contributed by atoms with Gasteiger partial charge in [-0.15, -0.1) is 0 Å². The molecule has 2 aromatic rings. The van der Waals surface area contributed by atoms with E-state index in [0.717, 1.165) is 31.5 Å². The smallest absolute Gasteiger partial charge is 0.366 e. The molecule has 1 unspecified atom stereocenters. The molecule has 1 amide bonds. The van der Waals surface area contributed by atoms with Crippen LogP contribution in [0.5, 0.6) is 0 Å². The normalized spacial score (nSPS) is 16.8. The van der Waals surface area contributed by atoms with Gasteiger partial charge in [-0.2, -0.15) is 13.2 Å². The van der Waals surface area contributed by atoms with E-state index >= 15 is 0 Å². The SMILES string of the molecule is CCN(CC)C(=O)C1CCCN(c2cc(NCc3cccc(C(F)(F)F)c3)ncn2)C1. The van der Waals surface area contributed by atoms with Gasteiger partial charge in [0.1, 0.15) is 18.0 Å². The minimum atomic E-state index is -4.37. The van der Waals surface area contributed by atoms with Crippen molar-refractivity contribution in [1.82, 2.24) is 14.9 Å². The molecule has 0 spiro atoms. The van der Waals surface area contributed by atoms with Crippen LogP contribution in [0.4, 0.5) is 24.8 Å². The fraction of sp³-hybridized carbons (Fsp3) is 0.500. The molecule has 6 nitrogen and oxygen atoms in total. The van der Waals surface area contributed by atoms with Crippen LogP contribution in [-0.2, 0) is 17.5 Å². The number of alkyl halides is 3. The Morgan fingerprint density at radius 2 is 2.00 bits per heavy atom. The van der Waals surface area contributed by atoms with E-state index in [1.165, 1.54) is 12.4 Å². The van der Waals surface area contributed by atoms with Gasteiger partial charge in [0.25, 0.3) is 0 Å². The van der Waals surface area contributed by atoms with Crippen LogP contribution in [0.25, 0.3) is 0 Å². The molecule has 1 saturated heterocycles. The Bertz CT molecular complexity index is 885. The number of rotatable bonds is 7. The lowest BCUT2D eigenvalue weighted by Gasteiger charge is -2.35. The maximum Gasteiger partial charge on any atom is 0.416 e. The number of nitrogens with zero attached hydrogens (tertiary/aromatic N) is 4. The molecule has 1 aromatic heterocycles. The van der Waals surface area contributed by atoms with Gasteiger partial charge >= 0.3 is 6.18 Å². The van der Waals surface area contributed by atoms with Crippen molar-refractivity contribution < 1.29 is 18.0 Å². The number of carbonyl (C=O) groups is 1. The average Bonchev–Trinajstić information content (AvgIpc) is 2.78. The molecular formula is C22H28F3N5O. The van der Waals surface area contributed by atoms with Crippen LogP contribution >= 0.6 is 0 Å². The molecule has 0 radical (unpaired) electrons. The van der Waals surface area contributed by atoms with Crippen LogP contribution in [0.2, 0.25) is 0 Å². The van der Waals surface area contributed by atoms with Crippen molar-refractivity contribution in [3.05, 3.63) is 47.8 Å². The quantitative estimate of drug-likeness (QED) is 0.707. The number of hydrogen-bond donors (Lipinski definition) is 1. The average molecular weight is 435 g/mol. The van der Waals surface area contributed by atoms with Crippen LogP contribution < -0.4 is 10.2 Å².